The molecule has 3 heteroatoms. The van der Waals surface area contributed by atoms with Crippen molar-refractivity contribution in [3.63, 3.8) is 0 Å². The Morgan fingerprint density at radius 1 is 1.25 bits per heavy atom. The van der Waals surface area contributed by atoms with Crippen molar-refractivity contribution in [2.24, 2.45) is 5.92 Å². The number of benzene rings is 1. The molecule has 1 N–H and O–H groups in total. The first-order chi connectivity index (χ1) is 7.34. The Kier molecular flexibility index (Phi) is 5.50. The number of rotatable bonds is 2. The van der Waals surface area contributed by atoms with Gasteiger partial charge in [0.2, 0.25) is 0 Å². The molecule has 0 unspecified atom stereocenters. The van der Waals surface area contributed by atoms with Gasteiger partial charge in [0, 0.05) is 0 Å². The maximum atomic E-state index is 12.9. The zero-order valence-electron chi connectivity index (χ0n) is 9.16. The SMILES string of the molecule is Cl.Fc1cccc(/C=C/C2CCNCC2)c1. The number of halogens is 2. The zero-order valence-corrected chi connectivity index (χ0v) is 9.97. The van der Waals surface area contributed by atoms with Crippen molar-refractivity contribution in [3.05, 3.63) is 41.7 Å². The van der Waals surface area contributed by atoms with Gasteiger partial charge in [0.15, 0.2) is 0 Å². The van der Waals surface area contributed by atoms with Gasteiger partial charge in [-0.15, -0.1) is 12.4 Å². The topological polar surface area (TPSA) is 12.0 Å². The van der Waals surface area contributed by atoms with Gasteiger partial charge in [-0.2, -0.15) is 0 Å². The molecule has 1 fully saturated rings. The van der Waals surface area contributed by atoms with E-state index < -0.39 is 0 Å². The lowest BCUT2D eigenvalue weighted by atomic mass is 9.97. The normalized spacial score (nSPS) is 17.3. The monoisotopic (exact) mass is 241 g/mol. The van der Waals surface area contributed by atoms with Crippen LogP contribution in [0.15, 0.2) is 30.3 Å². The third-order valence-electron chi connectivity index (χ3n) is 2.79. The lowest BCUT2D eigenvalue weighted by Gasteiger charge is -2.19. The molecule has 0 bridgehead atoms. The molecule has 0 radical (unpaired) electrons. The Morgan fingerprint density at radius 3 is 2.69 bits per heavy atom. The van der Waals surface area contributed by atoms with E-state index >= 15 is 0 Å². The van der Waals surface area contributed by atoms with Gasteiger partial charge < -0.3 is 5.32 Å². The van der Waals surface area contributed by atoms with Crippen LogP contribution in [0.1, 0.15) is 18.4 Å². The molecule has 0 saturated carbocycles. The fourth-order valence-electron chi connectivity index (χ4n) is 1.89. The number of nitrogens with one attached hydrogen (secondary N) is 1. The molecular formula is C13H17ClFN. The molecule has 0 aromatic heterocycles. The van der Waals surface area contributed by atoms with Gasteiger partial charge in [0.25, 0.3) is 0 Å². The van der Waals surface area contributed by atoms with Crippen LogP contribution in [-0.2, 0) is 0 Å². The van der Waals surface area contributed by atoms with E-state index in [0.29, 0.717) is 5.92 Å². The van der Waals surface area contributed by atoms with Crippen molar-refractivity contribution in [3.8, 4) is 0 Å². The smallest absolute Gasteiger partial charge is 0.123 e. The van der Waals surface area contributed by atoms with Crippen molar-refractivity contribution in [1.82, 2.24) is 5.32 Å². The van der Waals surface area contributed by atoms with Gasteiger partial charge in [-0.3, -0.25) is 0 Å². The predicted octanol–water partition coefficient (Wildman–Crippen LogP) is 3.26. The molecule has 1 saturated heterocycles. The summed E-state index contributed by atoms with van der Waals surface area (Å²) in [7, 11) is 0. The van der Waals surface area contributed by atoms with E-state index in [1.807, 2.05) is 12.1 Å². The average molecular weight is 242 g/mol. The van der Waals surface area contributed by atoms with Crippen molar-refractivity contribution in [1.29, 1.82) is 0 Å². The Morgan fingerprint density at radius 2 is 2.00 bits per heavy atom. The molecule has 1 aliphatic rings. The Labute approximate surface area is 102 Å². The summed E-state index contributed by atoms with van der Waals surface area (Å²) >= 11 is 0. The molecule has 1 nitrogen and oxygen atoms in total. The van der Waals surface area contributed by atoms with Crippen LogP contribution >= 0.6 is 12.4 Å². The van der Waals surface area contributed by atoms with E-state index in [1.165, 1.54) is 18.9 Å². The van der Waals surface area contributed by atoms with Gasteiger partial charge in [-0.1, -0.05) is 24.3 Å². The van der Waals surface area contributed by atoms with E-state index in [0.717, 1.165) is 18.7 Å². The minimum Gasteiger partial charge on any atom is -0.317 e. The lowest BCUT2D eigenvalue weighted by molar-refractivity contribution is 0.438. The molecule has 1 aromatic carbocycles. The van der Waals surface area contributed by atoms with E-state index in [2.05, 4.69) is 11.4 Å². The number of allylic oxidation sites excluding steroid dienone is 1. The molecule has 0 atom stereocenters. The zero-order chi connectivity index (χ0) is 10.5. The highest BCUT2D eigenvalue weighted by atomic mass is 35.5. The fourth-order valence-corrected chi connectivity index (χ4v) is 1.89. The highest BCUT2D eigenvalue weighted by Crippen LogP contribution is 2.15. The van der Waals surface area contributed by atoms with Crippen molar-refractivity contribution in [2.45, 2.75) is 12.8 Å². The van der Waals surface area contributed by atoms with Crippen LogP contribution in [0.3, 0.4) is 0 Å². The molecule has 1 heterocycles. The van der Waals surface area contributed by atoms with E-state index in [4.69, 9.17) is 0 Å². The van der Waals surface area contributed by atoms with Gasteiger partial charge in [-0.25, -0.2) is 4.39 Å². The van der Waals surface area contributed by atoms with Crippen molar-refractivity contribution < 1.29 is 4.39 Å². The summed E-state index contributed by atoms with van der Waals surface area (Å²) in [4.78, 5) is 0. The molecular weight excluding hydrogens is 225 g/mol. The van der Waals surface area contributed by atoms with Crippen LogP contribution < -0.4 is 5.32 Å². The second-order valence-electron chi connectivity index (χ2n) is 4.00. The van der Waals surface area contributed by atoms with Crippen LogP contribution in [0, 0.1) is 11.7 Å². The maximum absolute atomic E-state index is 12.9. The van der Waals surface area contributed by atoms with Gasteiger partial charge in [0.1, 0.15) is 5.82 Å². The molecule has 0 aliphatic carbocycles. The summed E-state index contributed by atoms with van der Waals surface area (Å²) < 4.78 is 12.9. The van der Waals surface area contributed by atoms with Crippen LogP contribution in [0.2, 0.25) is 0 Å². The molecule has 0 amide bonds. The molecule has 1 aromatic rings. The van der Waals surface area contributed by atoms with Crippen molar-refractivity contribution >= 4 is 18.5 Å². The first-order valence-corrected chi connectivity index (χ1v) is 5.49. The quantitative estimate of drug-likeness (QED) is 0.838. The number of hydrogen-bond acceptors (Lipinski definition) is 1. The largest absolute Gasteiger partial charge is 0.317 e. The first-order valence-electron chi connectivity index (χ1n) is 5.49. The van der Waals surface area contributed by atoms with E-state index in [9.17, 15) is 4.39 Å². The molecule has 0 spiro atoms. The summed E-state index contributed by atoms with van der Waals surface area (Å²) in [5.74, 6) is 0.483. The van der Waals surface area contributed by atoms with Crippen LogP contribution in [0.5, 0.6) is 0 Å². The third kappa shape index (κ3) is 3.95. The number of piperidine rings is 1. The Bertz CT molecular complexity index is 346. The Hall–Kier alpha value is -0.860. The third-order valence-corrected chi connectivity index (χ3v) is 2.79. The first kappa shape index (κ1) is 13.2. The maximum Gasteiger partial charge on any atom is 0.123 e. The molecule has 2 rings (SSSR count). The van der Waals surface area contributed by atoms with Crippen LogP contribution in [0.4, 0.5) is 4.39 Å². The fraction of sp³-hybridized carbons (Fsp3) is 0.385. The minimum atomic E-state index is -0.164. The van der Waals surface area contributed by atoms with Crippen LogP contribution in [-0.4, -0.2) is 13.1 Å². The minimum absolute atomic E-state index is 0. The second-order valence-corrected chi connectivity index (χ2v) is 4.00. The average Bonchev–Trinajstić information content (AvgIpc) is 2.28. The van der Waals surface area contributed by atoms with Crippen LogP contribution in [0.25, 0.3) is 6.08 Å². The predicted molar refractivity (Wildman–Crippen MR) is 68.3 cm³/mol. The van der Waals surface area contributed by atoms with Gasteiger partial charge in [-0.05, 0) is 49.5 Å². The summed E-state index contributed by atoms with van der Waals surface area (Å²) in [6.07, 6.45) is 6.60. The lowest BCUT2D eigenvalue weighted by Crippen LogP contribution is -2.26. The highest BCUT2D eigenvalue weighted by molar-refractivity contribution is 5.85. The summed E-state index contributed by atoms with van der Waals surface area (Å²) in [5.41, 5.74) is 0.952. The Balaban J connectivity index is 0.00000128. The van der Waals surface area contributed by atoms with E-state index in [-0.39, 0.29) is 18.2 Å². The summed E-state index contributed by atoms with van der Waals surface area (Å²) in [5, 5.41) is 3.33. The summed E-state index contributed by atoms with van der Waals surface area (Å²) in [6.45, 7) is 2.19. The van der Waals surface area contributed by atoms with Gasteiger partial charge >= 0.3 is 0 Å². The molecule has 1 aliphatic heterocycles. The second kappa shape index (κ2) is 6.66. The van der Waals surface area contributed by atoms with E-state index in [1.54, 1.807) is 12.1 Å². The summed E-state index contributed by atoms with van der Waals surface area (Å²) in [6, 6.07) is 6.72. The number of hydrogen-bond donors (Lipinski definition) is 1. The standard InChI is InChI=1S/C13H16FN.ClH/c14-13-3-1-2-12(10-13)5-4-11-6-8-15-9-7-11;/h1-5,10-11,15H,6-9H2;1H/b5-4+;. The van der Waals surface area contributed by atoms with Gasteiger partial charge in [0.05, 0.1) is 0 Å². The highest BCUT2D eigenvalue weighted by Gasteiger charge is 2.08. The molecule has 16 heavy (non-hydrogen) atoms. The molecule has 88 valence electrons. The van der Waals surface area contributed by atoms with Crippen molar-refractivity contribution in [2.75, 3.05) is 13.1 Å².